The van der Waals surface area contributed by atoms with Gasteiger partial charge >= 0.3 is 0 Å². The van der Waals surface area contributed by atoms with Crippen LogP contribution in [0.2, 0.25) is 0 Å². The Labute approximate surface area is 77.7 Å². The molecule has 0 atom stereocenters. The van der Waals surface area contributed by atoms with Crippen LogP contribution in [0.5, 0.6) is 0 Å². The lowest BCUT2D eigenvalue weighted by Crippen LogP contribution is -1.95. The van der Waals surface area contributed by atoms with Gasteiger partial charge in [0.25, 0.3) is 5.69 Å². The monoisotopic (exact) mass is 230 g/mol. The molecule has 0 fully saturated rings. The van der Waals surface area contributed by atoms with Crippen molar-refractivity contribution < 1.29 is 4.92 Å². The molecule has 1 rings (SSSR count). The van der Waals surface area contributed by atoms with Crippen molar-refractivity contribution in [3.05, 3.63) is 32.3 Å². The number of hydrogen-bond donors (Lipinski definition) is 1. The van der Waals surface area contributed by atoms with Crippen molar-refractivity contribution in [1.29, 1.82) is 0 Å². The summed E-state index contributed by atoms with van der Waals surface area (Å²) in [5, 5.41) is 10.4. The Morgan fingerprint density at radius 1 is 1.58 bits per heavy atom. The molecule has 0 aliphatic carbocycles. The van der Waals surface area contributed by atoms with Gasteiger partial charge in [-0.15, -0.1) is 0 Å². The number of nitrogens with zero attached hydrogens (tertiary/aromatic N) is 1. The zero-order chi connectivity index (χ0) is 9.30. The third kappa shape index (κ3) is 1.55. The SMILES string of the molecule is Cc1cc(N)c(Br)c([N+](=O)[O-])c1. The summed E-state index contributed by atoms with van der Waals surface area (Å²) in [5.74, 6) is 0. The van der Waals surface area contributed by atoms with Gasteiger partial charge in [0.1, 0.15) is 4.47 Å². The molecule has 0 spiro atoms. The topological polar surface area (TPSA) is 69.2 Å². The lowest BCUT2D eigenvalue weighted by atomic mass is 10.2. The first-order chi connectivity index (χ1) is 5.52. The lowest BCUT2D eigenvalue weighted by Gasteiger charge is -2.00. The lowest BCUT2D eigenvalue weighted by molar-refractivity contribution is -0.385. The number of aryl methyl sites for hydroxylation is 1. The van der Waals surface area contributed by atoms with Crippen molar-refractivity contribution in [2.24, 2.45) is 0 Å². The summed E-state index contributed by atoms with van der Waals surface area (Å²) in [4.78, 5) is 9.98. The van der Waals surface area contributed by atoms with Crippen molar-refractivity contribution in [2.75, 3.05) is 5.73 Å². The average Bonchev–Trinajstić information content (AvgIpc) is 1.96. The molecule has 0 heterocycles. The number of nitrogens with two attached hydrogens (primary N) is 1. The Balaban J connectivity index is 3.37. The highest BCUT2D eigenvalue weighted by atomic mass is 79.9. The number of nitrogen functional groups attached to an aromatic ring is 1. The van der Waals surface area contributed by atoms with Crippen molar-refractivity contribution in [3.8, 4) is 0 Å². The second kappa shape index (κ2) is 3.10. The number of halogens is 1. The van der Waals surface area contributed by atoms with Crippen molar-refractivity contribution >= 4 is 27.3 Å². The van der Waals surface area contributed by atoms with Crippen LogP contribution < -0.4 is 5.73 Å². The van der Waals surface area contributed by atoms with E-state index in [-0.39, 0.29) is 5.69 Å². The maximum Gasteiger partial charge on any atom is 0.285 e. The summed E-state index contributed by atoms with van der Waals surface area (Å²) in [6.07, 6.45) is 0. The number of rotatable bonds is 1. The third-order valence-electron chi connectivity index (χ3n) is 1.42. The van der Waals surface area contributed by atoms with Crippen LogP contribution in [-0.4, -0.2) is 4.92 Å². The van der Waals surface area contributed by atoms with Gasteiger partial charge in [0.05, 0.1) is 10.6 Å². The van der Waals surface area contributed by atoms with E-state index in [4.69, 9.17) is 5.73 Å². The fourth-order valence-corrected chi connectivity index (χ4v) is 1.28. The Morgan fingerprint density at radius 3 is 2.67 bits per heavy atom. The van der Waals surface area contributed by atoms with Crippen LogP contribution in [-0.2, 0) is 0 Å². The summed E-state index contributed by atoms with van der Waals surface area (Å²) in [6, 6.07) is 3.15. The average molecular weight is 231 g/mol. The van der Waals surface area contributed by atoms with E-state index in [0.717, 1.165) is 5.56 Å². The Bertz CT molecular complexity index is 338. The summed E-state index contributed by atoms with van der Waals surface area (Å²) in [6.45, 7) is 1.76. The van der Waals surface area contributed by atoms with Gasteiger partial charge in [-0.1, -0.05) is 0 Å². The van der Waals surface area contributed by atoms with Gasteiger partial charge in [0, 0.05) is 6.07 Å². The molecule has 0 saturated heterocycles. The quantitative estimate of drug-likeness (QED) is 0.457. The molecule has 0 radical (unpaired) electrons. The highest BCUT2D eigenvalue weighted by Crippen LogP contribution is 2.31. The zero-order valence-corrected chi connectivity index (χ0v) is 7.96. The maximum atomic E-state index is 10.4. The number of anilines is 1. The molecule has 0 aliphatic heterocycles. The van der Waals surface area contributed by atoms with E-state index in [9.17, 15) is 10.1 Å². The minimum Gasteiger partial charge on any atom is -0.398 e. The maximum absolute atomic E-state index is 10.4. The molecule has 0 amide bonds. The van der Waals surface area contributed by atoms with Gasteiger partial charge in [-0.25, -0.2) is 0 Å². The van der Waals surface area contributed by atoms with E-state index in [0.29, 0.717) is 10.2 Å². The molecule has 0 bridgehead atoms. The van der Waals surface area contributed by atoms with Gasteiger partial charge < -0.3 is 5.73 Å². The highest BCUT2D eigenvalue weighted by molar-refractivity contribution is 9.10. The van der Waals surface area contributed by atoms with Gasteiger partial charge in [-0.2, -0.15) is 0 Å². The van der Waals surface area contributed by atoms with Crippen LogP contribution in [0.3, 0.4) is 0 Å². The van der Waals surface area contributed by atoms with Crippen LogP contribution in [0.1, 0.15) is 5.56 Å². The fraction of sp³-hybridized carbons (Fsp3) is 0.143. The number of nitro groups is 1. The van der Waals surface area contributed by atoms with Gasteiger partial charge in [0.2, 0.25) is 0 Å². The van der Waals surface area contributed by atoms with Gasteiger partial charge in [-0.3, -0.25) is 10.1 Å². The first kappa shape index (κ1) is 8.99. The summed E-state index contributed by atoms with van der Waals surface area (Å²) in [5.41, 5.74) is 6.69. The molecule has 1 aromatic rings. The molecule has 12 heavy (non-hydrogen) atoms. The fourth-order valence-electron chi connectivity index (χ4n) is 0.910. The molecule has 4 nitrogen and oxygen atoms in total. The molecule has 5 heteroatoms. The van der Waals surface area contributed by atoms with E-state index in [1.807, 2.05) is 0 Å². The summed E-state index contributed by atoms with van der Waals surface area (Å²) >= 11 is 3.05. The second-order valence-corrected chi connectivity index (χ2v) is 3.24. The molecule has 0 unspecified atom stereocenters. The van der Waals surface area contributed by atoms with E-state index in [1.165, 1.54) is 6.07 Å². The molecule has 0 aromatic heterocycles. The smallest absolute Gasteiger partial charge is 0.285 e. The first-order valence-corrected chi connectivity index (χ1v) is 4.01. The van der Waals surface area contributed by atoms with Crippen LogP contribution >= 0.6 is 15.9 Å². The van der Waals surface area contributed by atoms with Crippen LogP contribution in [0.25, 0.3) is 0 Å². The predicted molar refractivity (Wildman–Crippen MR) is 49.9 cm³/mol. The van der Waals surface area contributed by atoms with E-state index in [2.05, 4.69) is 15.9 Å². The summed E-state index contributed by atoms with van der Waals surface area (Å²) < 4.78 is 0.345. The van der Waals surface area contributed by atoms with E-state index >= 15 is 0 Å². The molecule has 0 saturated carbocycles. The first-order valence-electron chi connectivity index (χ1n) is 3.22. The van der Waals surface area contributed by atoms with E-state index < -0.39 is 4.92 Å². The Kier molecular flexibility index (Phi) is 2.32. The van der Waals surface area contributed by atoms with Crippen LogP contribution in [0.4, 0.5) is 11.4 Å². The minimum atomic E-state index is -0.465. The zero-order valence-electron chi connectivity index (χ0n) is 6.37. The molecular weight excluding hydrogens is 224 g/mol. The van der Waals surface area contributed by atoms with Crippen LogP contribution in [0.15, 0.2) is 16.6 Å². The van der Waals surface area contributed by atoms with Crippen molar-refractivity contribution in [2.45, 2.75) is 6.92 Å². The van der Waals surface area contributed by atoms with Crippen molar-refractivity contribution in [1.82, 2.24) is 0 Å². The minimum absolute atomic E-state index is 0.00694. The molecule has 0 aliphatic rings. The molecule has 1 aromatic carbocycles. The predicted octanol–water partition coefficient (Wildman–Crippen LogP) is 2.25. The highest BCUT2D eigenvalue weighted by Gasteiger charge is 2.14. The van der Waals surface area contributed by atoms with Crippen LogP contribution in [0, 0.1) is 17.0 Å². The number of hydrogen-bond acceptors (Lipinski definition) is 3. The Morgan fingerprint density at radius 2 is 2.17 bits per heavy atom. The number of nitro benzene ring substituents is 1. The molecule has 2 N–H and O–H groups in total. The van der Waals surface area contributed by atoms with E-state index in [1.54, 1.807) is 13.0 Å². The van der Waals surface area contributed by atoms with Crippen molar-refractivity contribution in [3.63, 3.8) is 0 Å². The molecular formula is C7H7BrN2O2. The van der Waals surface area contributed by atoms with Gasteiger partial charge in [-0.05, 0) is 34.5 Å². The Hall–Kier alpha value is -1.10. The standard InChI is InChI=1S/C7H7BrN2O2/c1-4-2-5(9)7(8)6(3-4)10(11)12/h2-3H,9H2,1H3. The largest absolute Gasteiger partial charge is 0.398 e. The normalized spacial score (nSPS) is 9.83. The van der Waals surface area contributed by atoms with Gasteiger partial charge in [0.15, 0.2) is 0 Å². The summed E-state index contributed by atoms with van der Waals surface area (Å²) in [7, 11) is 0. The second-order valence-electron chi connectivity index (χ2n) is 2.44. The molecule has 64 valence electrons. The third-order valence-corrected chi connectivity index (χ3v) is 2.29. The number of benzene rings is 1.